The minimum atomic E-state index is -2.96. The van der Waals surface area contributed by atoms with Crippen molar-refractivity contribution in [3.05, 3.63) is 0 Å². The Morgan fingerprint density at radius 3 is 2.50 bits per heavy atom. The van der Waals surface area contributed by atoms with E-state index in [2.05, 4.69) is 27.4 Å². The van der Waals surface area contributed by atoms with Gasteiger partial charge in [0.15, 0.2) is 5.96 Å². The molecule has 1 rings (SSSR count). The van der Waals surface area contributed by atoms with Crippen LogP contribution in [0.3, 0.4) is 0 Å². The summed E-state index contributed by atoms with van der Waals surface area (Å²) >= 11 is 0. The molecule has 0 radical (unpaired) electrons. The van der Waals surface area contributed by atoms with Crippen LogP contribution in [0.4, 0.5) is 0 Å². The molecule has 0 aromatic carbocycles. The second-order valence-electron chi connectivity index (χ2n) is 6.62. The molecule has 0 saturated carbocycles. The molecule has 0 bridgehead atoms. The lowest BCUT2D eigenvalue weighted by atomic mass is 10.0. The molecule has 0 aromatic rings. The van der Waals surface area contributed by atoms with Gasteiger partial charge >= 0.3 is 0 Å². The Balaban J connectivity index is 0.00000625. The fraction of sp³-hybridized carbons (Fsp3) is 0.941. The van der Waals surface area contributed by atoms with E-state index < -0.39 is 9.84 Å². The summed E-state index contributed by atoms with van der Waals surface area (Å²) in [4.78, 5) is 7.06. The van der Waals surface area contributed by atoms with Crippen molar-refractivity contribution in [3.8, 4) is 0 Å². The maximum absolute atomic E-state index is 11.0. The van der Waals surface area contributed by atoms with Gasteiger partial charge in [0.2, 0.25) is 0 Å². The molecule has 0 unspecified atom stereocenters. The van der Waals surface area contributed by atoms with Gasteiger partial charge in [0.1, 0.15) is 9.84 Å². The molecule has 0 atom stereocenters. The third-order valence-electron chi connectivity index (χ3n) is 4.20. The van der Waals surface area contributed by atoms with E-state index in [0.29, 0.717) is 19.2 Å². The Morgan fingerprint density at radius 2 is 1.92 bits per heavy atom. The fourth-order valence-electron chi connectivity index (χ4n) is 2.73. The monoisotopic (exact) mass is 504 g/mol. The number of nitrogens with one attached hydrogen (secondary N) is 2. The van der Waals surface area contributed by atoms with Gasteiger partial charge in [0.05, 0.1) is 25.5 Å². The highest BCUT2D eigenvalue weighted by molar-refractivity contribution is 14.0. The summed E-state index contributed by atoms with van der Waals surface area (Å²) in [5.74, 6) is 0.882. The molecular weight excluding hydrogens is 467 g/mol. The molecule has 1 fully saturated rings. The number of halogens is 1. The summed E-state index contributed by atoms with van der Waals surface area (Å²) in [5, 5.41) is 6.77. The number of unbranched alkanes of at least 4 members (excludes halogenated alkanes) is 1. The van der Waals surface area contributed by atoms with Crippen molar-refractivity contribution in [2.45, 2.75) is 45.6 Å². The van der Waals surface area contributed by atoms with E-state index in [0.717, 1.165) is 38.4 Å². The number of hydrogen-bond donors (Lipinski definition) is 2. The summed E-state index contributed by atoms with van der Waals surface area (Å²) in [6, 6.07) is 0.460. The van der Waals surface area contributed by atoms with Crippen LogP contribution in [0.15, 0.2) is 4.99 Å². The SMILES string of the molecule is CCCCN1CCC(NC(=NCCOCCS(C)(=O)=O)NCC)CC1.I. The lowest BCUT2D eigenvalue weighted by Gasteiger charge is -2.33. The molecular formula is C17H37IN4O3S. The molecule has 1 saturated heterocycles. The highest BCUT2D eigenvalue weighted by Gasteiger charge is 2.19. The molecule has 7 nitrogen and oxygen atoms in total. The number of hydrogen-bond acceptors (Lipinski definition) is 5. The smallest absolute Gasteiger partial charge is 0.191 e. The number of aliphatic imine (C=N–C) groups is 1. The van der Waals surface area contributed by atoms with Gasteiger partial charge in [-0.05, 0) is 32.7 Å². The van der Waals surface area contributed by atoms with E-state index in [9.17, 15) is 8.42 Å². The van der Waals surface area contributed by atoms with Crippen molar-refractivity contribution in [2.24, 2.45) is 4.99 Å². The Hall–Kier alpha value is -0.130. The van der Waals surface area contributed by atoms with E-state index in [1.165, 1.54) is 25.6 Å². The third-order valence-corrected chi connectivity index (χ3v) is 5.11. The predicted octanol–water partition coefficient (Wildman–Crippen LogP) is 1.49. The molecule has 0 aromatic heterocycles. The van der Waals surface area contributed by atoms with Gasteiger partial charge in [0, 0.05) is 31.9 Å². The van der Waals surface area contributed by atoms with Crippen molar-refractivity contribution in [3.63, 3.8) is 0 Å². The number of rotatable bonds is 11. The lowest BCUT2D eigenvalue weighted by molar-refractivity contribution is 0.157. The molecule has 0 amide bonds. The Morgan fingerprint density at radius 1 is 1.23 bits per heavy atom. The largest absolute Gasteiger partial charge is 0.378 e. The van der Waals surface area contributed by atoms with E-state index in [-0.39, 0.29) is 36.3 Å². The van der Waals surface area contributed by atoms with Crippen LogP contribution in [0.5, 0.6) is 0 Å². The predicted molar refractivity (Wildman–Crippen MR) is 119 cm³/mol. The van der Waals surface area contributed by atoms with Gasteiger partial charge in [0.25, 0.3) is 0 Å². The molecule has 9 heteroatoms. The maximum Gasteiger partial charge on any atom is 0.191 e. The van der Waals surface area contributed by atoms with Crippen molar-refractivity contribution < 1.29 is 13.2 Å². The number of likely N-dealkylation sites (tertiary alicyclic amines) is 1. The summed E-state index contributed by atoms with van der Waals surface area (Å²) in [6.07, 6.45) is 6.02. The summed E-state index contributed by atoms with van der Waals surface area (Å²) in [5.41, 5.74) is 0. The van der Waals surface area contributed by atoms with E-state index in [4.69, 9.17) is 4.74 Å². The zero-order valence-electron chi connectivity index (χ0n) is 16.5. The molecule has 1 aliphatic rings. The molecule has 0 spiro atoms. The van der Waals surface area contributed by atoms with E-state index in [1.807, 2.05) is 6.92 Å². The fourth-order valence-corrected chi connectivity index (χ4v) is 3.15. The first-order valence-corrected chi connectivity index (χ1v) is 11.5. The number of sulfone groups is 1. The molecule has 2 N–H and O–H groups in total. The van der Waals surface area contributed by atoms with Gasteiger partial charge in [-0.2, -0.15) is 0 Å². The van der Waals surface area contributed by atoms with Crippen molar-refractivity contribution in [2.75, 3.05) is 57.9 Å². The summed E-state index contributed by atoms with van der Waals surface area (Å²) in [7, 11) is -2.96. The molecule has 1 heterocycles. The van der Waals surface area contributed by atoms with Gasteiger partial charge < -0.3 is 20.3 Å². The number of piperidine rings is 1. The van der Waals surface area contributed by atoms with Gasteiger partial charge in [-0.25, -0.2) is 8.42 Å². The van der Waals surface area contributed by atoms with Gasteiger partial charge in [-0.15, -0.1) is 24.0 Å². The molecule has 156 valence electrons. The quantitative estimate of drug-likeness (QED) is 0.192. The highest BCUT2D eigenvalue weighted by Crippen LogP contribution is 2.11. The van der Waals surface area contributed by atoms with Crippen LogP contribution < -0.4 is 10.6 Å². The number of guanidine groups is 1. The minimum Gasteiger partial charge on any atom is -0.378 e. The van der Waals surface area contributed by atoms with Gasteiger partial charge in [-0.3, -0.25) is 4.99 Å². The average molecular weight is 504 g/mol. The van der Waals surface area contributed by atoms with Crippen LogP contribution in [0.1, 0.15) is 39.5 Å². The highest BCUT2D eigenvalue weighted by atomic mass is 127. The second kappa shape index (κ2) is 14.9. The zero-order valence-corrected chi connectivity index (χ0v) is 19.6. The summed E-state index contributed by atoms with van der Waals surface area (Å²) < 4.78 is 27.4. The standard InChI is InChI=1S/C17H36N4O3S.HI/c1-4-6-10-21-11-7-16(8-12-21)20-17(18-5-2)19-9-13-24-14-15-25(3,22)23;/h16H,4-15H2,1-3H3,(H2,18,19,20);1H. The van der Waals surface area contributed by atoms with Crippen molar-refractivity contribution in [1.82, 2.24) is 15.5 Å². The maximum atomic E-state index is 11.0. The van der Waals surface area contributed by atoms with Crippen LogP contribution in [0.25, 0.3) is 0 Å². The van der Waals surface area contributed by atoms with Gasteiger partial charge in [-0.1, -0.05) is 13.3 Å². The van der Waals surface area contributed by atoms with Crippen molar-refractivity contribution in [1.29, 1.82) is 0 Å². The average Bonchev–Trinajstić information content (AvgIpc) is 2.56. The topological polar surface area (TPSA) is 83.0 Å². The van der Waals surface area contributed by atoms with Crippen LogP contribution >= 0.6 is 24.0 Å². The van der Waals surface area contributed by atoms with Crippen LogP contribution in [-0.2, 0) is 14.6 Å². The van der Waals surface area contributed by atoms with E-state index >= 15 is 0 Å². The van der Waals surface area contributed by atoms with Crippen LogP contribution in [0.2, 0.25) is 0 Å². The van der Waals surface area contributed by atoms with E-state index in [1.54, 1.807) is 0 Å². The first-order chi connectivity index (χ1) is 11.9. The van der Waals surface area contributed by atoms with Crippen LogP contribution in [-0.4, -0.2) is 83.3 Å². The first kappa shape index (κ1) is 25.9. The number of nitrogens with zero attached hydrogens (tertiary/aromatic N) is 2. The molecule has 26 heavy (non-hydrogen) atoms. The third kappa shape index (κ3) is 13.1. The van der Waals surface area contributed by atoms with Crippen molar-refractivity contribution >= 4 is 39.8 Å². The lowest BCUT2D eigenvalue weighted by Crippen LogP contribution is -2.48. The second-order valence-corrected chi connectivity index (χ2v) is 8.88. The van der Waals surface area contributed by atoms with Crippen LogP contribution in [0, 0.1) is 0 Å². The minimum absolute atomic E-state index is 0. The zero-order chi connectivity index (χ0) is 18.5. The molecule has 1 aliphatic heterocycles. The normalized spacial score (nSPS) is 17.0. The Labute approximate surface area is 176 Å². The first-order valence-electron chi connectivity index (χ1n) is 9.47. The summed E-state index contributed by atoms with van der Waals surface area (Å²) in [6.45, 7) is 9.78. The Bertz CT molecular complexity index is 480. The molecule has 0 aliphatic carbocycles. The Kier molecular flexibility index (Phi) is 14.8. The number of ether oxygens (including phenoxy) is 1.